The minimum atomic E-state index is 0.0948. The van der Waals surface area contributed by atoms with E-state index in [1.807, 2.05) is 23.1 Å². The number of aromatic nitrogens is 2. The molecule has 1 saturated heterocycles. The van der Waals surface area contributed by atoms with Crippen molar-refractivity contribution in [1.29, 1.82) is 0 Å². The van der Waals surface area contributed by atoms with E-state index in [1.54, 1.807) is 13.3 Å². The highest BCUT2D eigenvalue weighted by Crippen LogP contribution is 2.21. The summed E-state index contributed by atoms with van der Waals surface area (Å²) in [6.45, 7) is 6.30. The number of hydrogen-bond donors (Lipinski definition) is 1. The predicted octanol–water partition coefficient (Wildman–Crippen LogP) is 2.14. The molecule has 1 fully saturated rings. The second-order valence-corrected chi connectivity index (χ2v) is 6.36. The fourth-order valence-electron chi connectivity index (χ4n) is 3.50. The number of nitrogens with zero attached hydrogens (tertiary/aromatic N) is 3. The Morgan fingerprint density at radius 2 is 2.29 bits per heavy atom. The molecule has 6 heteroatoms. The van der Waals surface area contributed by atoms with Crippen LogP contribution >= 0.6 is 0 Å². The average molecular weight is 330 g/mol. The minimum absolute atomic E-state index is 0.0948. The summed E-state index contributed by atoms with van der Waals surface area (Å²) in [5, 5.41) is 8.00. The lowest BCUT2D eigenvalue weighted by atomic mass is 10.0. The van der Waals surface area contributed by atoms with E-state index in [1.165, 1.54) is 0 Å². The molecule has 1 aromatic carbocycles. The van der Waals surface area contributed by atoms with Gasteiger partial charge < -0.3 is 9.64 Å². The van der Waals surface area contributed by atoms with Crippen LogP contribution in [0.3, 0.4) is 0 Å². The molecule has 0 radical (unpaired) electrons. The van der Waals surface area contributed by atoms with Gasteiger partial charge >= 0.3 is 0 Å². The lowest BCUT2D eigenvalue weighted by molar-refractivity contribution is 0.0372. The summed E-state index contributed by atoms with van der Waals surface area (Å²) in [6, 6.07) is 6.18. The molecule has 0 aliphatic carbocycles. The van der Waals surface area contributed by atoms with Crippen molar-refractivity contribution in [3.63, 3.8) is 0 Å². The molecule has 1 atom stereocenters. The van der Waals surface area contributed by atoms with Gasteiger partial charge in [0.25, 0.3) is 5.91 Å². The fourth-order valence-corrected chi connectivity index (χ4v) is 3.50. The van der Waals surface area contributed by atoms with E-state index in [0.29, 0.717) is 11.6 Å². The molecule has 1 aromatic heterocycles. The van der Waals surface area contributed by atoms with Gasteiger partial charge in [-0.15, -0.1) is 0 Å². The van der Waals surface area contributed by atoms with Crippen LogP contribution in [0, 0.1) is 0 Å². The van der Waals surface area contributed by atoms with Crippen molar-refractivity contribution >= 4 is 16.8 Å². The Kier molecular flexibility index (Phi) is 5.48. The average Bonchev–Trinajstić information content (AvgIpc) is 3.09. The SMILES string of the molecule is CCC[C@H]1CN(C(=O)c2cccc3cn[nH]c23)CCN1CCOC. The van der Waals surface area contributed by atoms with Crippen LogP contribution in [-0.2, 0) is 4.74 Å². The lowest BCUT2D eigenvalue weighted by Gasteiger charge is -2.41. The van der Waals surface area contributed by atoms with Crippen molar-refractivity contribution in [1.82, 2.24) is 20.0 Å². The second kappa shape index (κ2) is 7.77. The number of carbonyl (C=O) groups excluding carboxylic acids is 1. The molecule has 24 heavy (non-hydrogen) atoms. The number of methoxy groups -OCH3 is 1. The zero-order valence-electron chi connectivity index (χ0n) is 14.5. The first-order valence-corrected chi connectivity index (χ1v) is 8.69. The number of ether oxygens (including phenoxy) is 1. The number of aromatic amines is 1. The van der Waals surface area contributed by atoms with E-state index in [9.17, 15) is 4.79 Å². The summed E-state index contributed by atoms with van der Waals surface area (Å²) < 4.78 is 5.22. The van der Waals surface area contributed by atoms with Crippen molar-refractivity contribution in [3.8, 4) is 0 Å². The first-order valence-electron chi connectivity index (χ1n) is 8.69. The summed E-state index contributed by atoms with van der Waals surface area (Å²) in [4.78, 5) is 17.5. The van der Waals surface area contributed by atoms with Crippen molar-refractivity contribution in [2.24, 2.45) is 0 Å². The first kappa shape index (κ1) is 16.9. The van der Waals surface area contributed by atoms with Gasteiger partial charge in [0, 0.05) is 44.7 Å². The molecule has 0 saturated carbocycles. The number of piperazine rings is 1. The number of benzene rings is 1. The van der Waals surface area contributed by atoms with E-state index in [-0.39, 0.29) is 5.91 Å². The van der Waals surface area contributed by atoms with Crippen LogP contribution in [0.25, 0.3) is 10.9 Å². The van der Waals surface area contributed by atoms with Gasteiger partial charge in [0.15, 0.2) is 0 Å². The van der Waals surface area contributed by atoms with Gasteiger partial charge in [-0.3, -0.25) is 14.8 Å². The van der Waals surface area contributed by atoms with Crippen LogP contribution in [-0.4, -0.2) is 71.8 Å². The zero-order valence-corrected chi connectivity index (χ0v) is 14.5. The van der Waals surface area contributed by atoms with Gasteiger partial charge in [0.2, 0.25) is 0 Å². The number of para-hydroxylation sites is 1. The Labute approximate surface area is 142 Å². The maximum absolute atomic E-state index is 13.0. The quantitative estimate of drug-likeness (QED) is 0.881. The molecule has 1 aliphatic heterocycles. The molecule has 2 heterocycles. The highest BCUT2D eigenvalue weighted by atomic mass is 16.5. The van der Waals surface area contributed by atoms with Crippen LogP contribution in [0.2, 0.25) is 0 Å². The highest BCUT2D eigenvalue weighted by Gasteiger charge is 2.29. The van der Waals surface area contributed by atoms with Gasteiger partial charge in [-0.2, -0.15) is 5.10 Å². The van der Waals surface area contributed by atoms with Crippen molar-refractivity contribution < 1.29 is 9.53 Å². The predicted molar refractivity (Wildman–Crippen MR) is 94.1 cm³/mol. The highest BCUT2D eigenvalue weighted by molar-refractivity contribution is 6.05. The normalized spacial score (nSPS) is 19.1. The van der Waals surface area contributed by atoms with E-state index in [2.05, 4.69) is 22.0 Å². The third-order valence-electron chi connectivity index (χ3n) is 4.80. The van der Waals surface area contributed by atoms with E-state index in [4.69, 9.17) is 4.74 Å². The van der Waals surface area contributed by atoms with Crippen LogP contribution in [0.15, 0.2) is 24.4 Å². The molecule has 3 rings (SSSR count). The number of H-pyrrole nitrogens is 1. The number of fused-ring (bicyclic) bond motifs is 1. The van der Waals surface area contributed by atoms with Gasteiger partial charge in [-0.25, -0.2) is 0 Å². The second-order valence-electron chi connectivity index (χ2n) is 6.36. The molecule has 1 N–H and O–H groups in total. The summed E-state index contributed by atoms with van der Waals surface area (Å²) in [5.74, 6) is 0.0948. The van der Waals surface area contributed by atoms with Gasteiger partial charge in [0.1, 0.15) is 0 Å². The molecule has 0 unspecified atom stereocenters. The van der Waals surface area contributed by atoms with Crippen molar-refractivity contribution in [3.05, 3.63) is 30.0 Å². The summed E-state index contributed by atoms with van der Waals surface area (Å²) in [6.07, 6.45) is 3.97. The maximum Gasteiger partial charge on any atom is 0.256 e. The summed E-state index contributed by atoms with van der Waals surface area (Å²) in [7, 11) is 1.74. The Bertz CT molecular complexity index is 684. The largest absolute Gasteiger partial charge is 0.383 e. The molecule has 1 amide bonds. The zero-order chi connectivity index (χ0) is 16.9. The molecule has 0 spiro atoms. The number of carbonyl (C=O) groups is 1. The molecule has 2 aromatic rings. The van der Waals surface area contributed by atoms with E-state index < -0.39 is 0 Å². The summed E-state index contributed by atoms with van der Waals surface area (Å²) >= 11 is 0. The molecule has 0 bridgehead atoms. The van der Waals surface area contributed by atoms with Crippen molar-refractivity contribution in [2.45, 2.75) is 25.8 Å². The fraction of sp³-hybridized carbons (Fsp3) is 0.556. The molecule has 6 nitrogen and oxygen atoms in total. The maximum atomic E-state index is 13.0. The Morgan fingerprint density at radius 1 is 1.42 bits per heavy atom. The van der Waals surface area contributed by atoms with Crippen LogP contribution in [0.4, 0.5) is 0 Å². The topological polar surface area (TPSA) is 61.5 Å². The smallest absolute Gasteiger partial charge is 0.256 e. The monoisotopic (exact) mass is 330 g/mol. The number of hydrogen-bond acceptors (Lipinski definition) is 4. The van der Waals surface area contributed by atoms with Crippen LogP contribution in [0.5, 0.6) is 0 Å². The van der Waals surface area contributed by atoms with Gasteiger partial charge in [0.05, 0.1) is 23.9 Å². The first-order chi connectivity index (χ1) is 11.7. The molecule has 130 valence electrons. The molecule has 1 aliphatic rings. The molecular formula is C18H26N4O2. The Hall–Kier alpha value is -1.92. The molecular weight excluding hydrogens is 304 g/mol. The summed E-state index contributed by atoms with van der Waals surface area (Å²) in [5.41, 5.74) is 1.54. The third-order valence-corrected chi connectivity index (χ3v) is 4.80. The number of amides is 1. The van der Waals surface area contributed by atoms with Gasteiger partial charge in [-0.05, 0) is 12.5 Å². The minimum Gasteiger partial charge on any atom is -0.383 e. The van der Waals surface area contributed by atoms with Crippen LogP contribution in [0.1, 0.15) is 30.1 Å². The lowest BCUT2D eigenvalue weighted by Crippen LogP contribution is -2.55. The van der Waals surface area contributed by atoms with Gasteiger partial charge in [-0.1, -0.05) is 25.5 Å². The Balaban J connectivity index is 1.75. The number of rotatable bonds is 6. The van der Waals surface area contributed by atoms with E-state index >= 15 is 0 Å². The van der Waals surface area contributed by atoms with Crippen LogP contribution < -0.4 is 0 Å². The van der Waals surface area contributed by atoms with Crippen molar-refractivity contribution in [2.75, 3.05) is 39.9 Å². The standard InChI is InChI=1S/C18H26N4O2/c1-3-5-15-13-22(9-8-21(15)10-11-24-2)18(23)16-7-4-6-14-12-19-20-17(14)16/h4,6-7,12,15H,3,5,8-11,13H2,1-2H3,(H,19,20)/t15-/m0/s1. The number of nitrogens with one attached hydrogen (secondary N) is 1. The van der Waals surface area contributed by atoms with E-state index in [0.717, 1.165) is 56.5 Å². The Morgan fingerprint density at radius 3 is 3.08 bits per heavy atom. The third kappa shape index (κ3) is 3.44.